The van der Waals surface area contributed by atoms with Crippen LogP contribution >= 0.6 is 0 Å². The summed E-state index contributed by atoms with van der Waals surface area (Å²) < 4.78 is 5.42. The molecule has 2 amide bonds. The summed E-state index contributed by atoms with van der Waals surface area (Å²) in [5, 5.41) is 12.7. The second-order valence-corrected chi connectivity index (χ2v) is 9.24. The van der Waals surface area contributed by atoms with Crippen LogP contribution < -0.4 is 5.32 Å². The van der Waals surface area contributed by atoms with E-state index in [1.165, 1.54) is 6.42 Å². The second kappa shape index (κ2) is 7.75. The van der Waals surface area contributed by atoms with Crippen molar-refractivity contribution in [2.24, 2.45) is 11.8 Å². The third kappa shape index (κ3) is 4.16. The highest BCUT2D eigenvalue weighted by molar-refractivity contribution is 5.87. The minimum absolute atomic E-state index is 0.0106. The molecule has 2 N–H and O–H groups in total. The van der Waals surface area contributed by atoms with Gasteiger partial charge < -0.3 is 20.1 Å². The molecule has 1 heterocycles. The lowest BCUT2D eigenvalue weighted by atomic mass is 9.83. The van der Waals surface area contributed by atoms with Crippen molar-refractivity contribution in [3.8, 4) is 0 Å². The smallest absolute Gasteiger partial charge is 0.408 e. The van der Waals surface area contributed by atoms with E-state index >= 15 is 0 Å². The lowest BCUT2D eigenvalue weighted by Crippen LogP contribution is -2.58. The van der Waals surface area contributed by atoms with Gasteiger partial charge in [-0.2, -0.15) is 0 Å². The molecule has 26 heavy (non-hydrogen) atoms. The second-order valence-electron chi connectivity index (χ2n) is 9.24. The average Bonchev–Trinajstić information content (AvgIpc) is 3.19. The number of hydrogen-bond acceptors (Lipinski definition) is 4. The highest BCUT2D eigenvalue weighted by atomic mass is 16.6. The zero-order valence-corrected chi connectivity index (χ0v) is 16.4. The Morgan fingerprint density at radius 3 is 2.46 bits per heavy atom. The summed E-state index contributed by atoms with van der Waals surface area (Å²) in [5.41, 5.74) is -0.593. The van der Waals surface area contributed by atoms with Crippen molar-refractivity contribution in [1.29, 1.82) is 0 Å². The number of hydrogen-bond donors (Lipinski definition) is 2. The maximum absolute atomic E-state index is 13.4. The Labute approximate surface area is 156 Å². The number of fused-ring (bicyclic) bond motifs is 2. The van der Waals surface area contributed by atoms with Crippen LogP contribution in [0.1, 0.15) is 72.1 Å². The van der Waals surface area contributed by atoms with Crippen LogP contribution in [0.2, 0.25) is 0 Å². The standard InChI is InChI=1S/C20H34N2O4/c1-20(2,3)26-19(25)21-17(13-7-5-4-6-8-13)18(24)22-15-10-9-14(11-15)16(22)12-23/h13-17,23H,4-12H2,1-3H3,(H,21,25)/t14-,15+,16?,17-/m0/s1. The fraction of sp³-hybridized carbons (Fsp3) is 0.900. The van der Waals surface area contributed by atoms with E-state index in [1.54, 1.807) is 0 Å². The molecule has 2 bridgehead atoms. The molecule has 6 heteroatoms. The summed E-state index contributed by atoms with van der Waals surface area (Å²) in [6, 6.07) is -0.414. The molecular weight excluding hydrogens is 332 g/mol. The van der Waals surface area contributed by atoms with Gasteiger partial charge in [0.15, 0.2) is 0 Å². The summed E-state index contributed by atoms with van der Waals surface area (Å²) in [6.45, 7) is 5.48. The summed E-state index contributed by atoms with van der Waals surface area (Å²) >= 11 is 0. The van der Waals surface area contributed by atoms with Crippen LogP contribution in [0.4, 0.5) is 4.79 Å². The molecule has 1 saturated heterocycles. The molecule has 2 saturated carbocycles. The van der Waals surface area contributed by atoms with Crippen molar-refractivity contribution in [3.05, 3.63) is 0 Å². The van der Waals surface area contributed by atoms with Crippen LogP contribution in [-0.2, 0) is 9.53 Å². The van der Waals surface area contributed by atoms with Gasteiger partial charge >= 0.3 is 6.09 Å². The number of aliphatic hydroxyl groups is 1. The number of amides is 2. The maximum atomic E-state index is 13.4. The van der Waals surface area contributed by atoms with Crippen LogP contribution in [0.15, 0.2) is 0 Å². The molecule has 3 fully saturated rings. The van der Waals surface area contributed by atoms with Crippen molar-refractivity contribution in [2.45, 2.75) is 95.9 Å². The fourth-order valence-electron chi connectivity index (χ4n) is 5.12. The van der Waals surface area contributed by atoms with E-state index in [1.807, 2.05) is 25.7 Å². The number of alkyl carbamates (subject to hydrolysis) is 1. The van der Waals surface area contributed by atoms with Crippen molar-refractivity contribution < 1.29 is 19.4 Å². The van der Waals surface area contributed by atoms with Crippen LogP contribution in [-0.4, -0.2) is 52.3 Å². The van der Waals surface area contributed by atoms with Gasteiger partial charge in [-0.25, -0.2) is 4.79 Å². The largest absolute Gasteiger partial charge is 0.444 e. The first kappa shape index (κ1) is 19.5. The highest BCUT2D eigenvalue weighted by Crippen LogP contribution is 2.43. The van der Waals surface area contributed by atoms with Gasteiger partial charge in [0.2, 0.25) is 5.91 Å². The number of nitrogens with zero attached hydrogens (tertiary/aromatic N) is 1. The Bertz CT molecular complexity index is 524. The van der Waals surface area contributed by atoms with Gasteiger partial charge in [-0.1, -0.05) is 19.3 Å². The van der Waals surface area contributed by atoms with Crippen molar-refractivity contribution >= 4 is 12.0 Å². The third-order valence-corrected chi connectivity index (χ3v) is 6.24. The van der Waals surface area contributed by atoms with E-state index in [2.05, 4.69) is 5.32 Å². The number of carbonyl (C=O) groups excluding carboxylic acids is 2. The number of ether oxygens (including phenoxy) is 1. The first-order chi connectivity index (χ1) is 12.3. The zero-order chi connectivity index (χ0) is 18.9. The molecule has 2 aliphatic carbocycles. The molecule has 0 aromatic rings. The van der Waals surface area contributed by atoms with Gasteiger partial charge in [0.1, 0.15) is 11.6 Å². The molecular formula is C20H34N2O4. The van der Waals surface area contributed by atoms with Crippen LogP contribution in [0.25, 0.3) is 0 Å². The summed E-state index contributed by atoms with van der Waals surface area (Å²) in [5.74, 6) is 0.540. The van der Waals surface area contributed by atoms with E-state index in [4.69, 9.17) is 4.74 Å². The van der Waals surface area contributed by atoms with Gasteiger partial charge in [-0.05, 0) is 64.7 Å². The van der Waals surface area contributed by atoms with E-state index in [0.717, 1.165) is 44.9 Å². The Morgan fingerprint density at radius 2 is 1.85 bits per heavy atom. The van der Waals surface area contributed by atoms with Crippen LogP contribution in [0.3, 0.4) is 0 Å². The molecule has 4 atom stereocenters. The molecule has 1 unspecified atom stereocenters. The van der Waals surface area contributed by atoms with Crippen molar-refractivity contribution in [1.82, 2.24) is 10.2 Å². The van der Waals surface area contributed by atoms with Gasteiger partial charge in [-0.3, -0.25) is 4.79 Å². The first-order valence-electron chi connectivity index (χ1n) is 10.2. The molecule has 3 rings (SSSR count). The van der Waals surface area contributed by atoms with Gasteiger partial charge in [0.05, 0.1) is 12.6 Å². The number of piperidine rings is 1. The van der Waals surface area contributed by atoms with Crippen molar-refractivity contribution in [3.63, 3.8) is 0 Å². The predicted octanol–water partition coefficient (Wildman–Crippen LogP) is 2.83. The van der Waals surface area contributed by atoms with Gasteiger partial charge in [-0.15, -0.1) is 0 Å². The Balaban J connectivity index is 1.76. The lowest BCUT2D eigenvalue weighted by Gasteiger charge is -2.39. The molecule has 0 aromatic carbocycles. The summed E-state index contributed by atoms with van der Waals surface area (Å²) in [7, 11) is 0. The highest BCUT2D eigenvalue weighted by Gasteiger charge is 2.50. The fourth-order valence-corrected chi connectivity index (χ4v) is 5.12. The predicted molar refractivity (Wildman–Crippen MR) is 98.6 cm³/mol. The Morgan fingerprint density at radius 1 is 1.15 bits per heavy atom. The SMILES string of the molecule is CC(C)(C)OC(=O)N[C@H](C(=O)N1C(CO)[C@H]2CC[C@@H]1C2)C1CCCCC1. The first-order valence-corrected chi connectivity index (χ1v) is 10.2. The molecule has 0 aromatic heterocycles. The zero-order valence-electron chi connectivity index (χ0n) is 16.4. The number of carbonyl (C=O) groups is 2. The Kier molecular flexibility index (Phi) is 5.80. The lowest BCUT2D eigenvalue weighted by molar-refractivity contribution is -0.140. The van der Waals surface area contributed by atoms with E-state index in [0.29, 0.717) is 5.92 Å². The average molecular weight is 367 g/mol. The summed E-state index contributed by atoms with van der Waals surface area (Å²) in [4.78, 5) is 27.7. The van der Waals surface area contributed by atoms with E-state index in [9.17, 15) is 14.7 Å². The molecule has 148 valence electrons. The molecule has 0 radical (unpaired) electrons. The van der Waals surface area contributed by atoms with Crippen molar-refractivity contribution in [2.75, 3.05) is 6.61 Å². The third-order valence-electron chi connectivity index (χ3n) is 6.24. The minimum Gasteiger partial charge on any atom is -0.444 e. The Hall–Kier alpha value is -1.30. The topological polar surface area (TPSA) is 78.9 Å². The number of likely N-dealkylation sites (tertiary alicyclic amines) is 1. The quantitative estimate of drug-likeness (QED) is 0.802. The number of nitrogens with one attached hydrogen (secondary N) is 1. The summed E-state index contributed by atoms with van der Waals surface area (Å²) in [6.07, 6.45) is 7.87. The monoisotopic (exact) mass is 366 g/mol. The number of aliphatic hydroxyl groups excluding tert-OH is 1. The molecule has 1 aliphatic heterocycles. The molecule has 3 aliphatic rings. The maximum Gasteiger partial charge on any atom is 0.408 e. The van der Waals surface area contributed by atoms with E-state index in [-0.39, 0.29) is 30.5 Å². The van der Waals surface area contributed by atoms with Gasteiger partial charge in [0, 0.05) is 6.04 Å². The van der Waals surface area contributed by atoms with Crippen LogP contribution in [0, 0.1) is 11.8 Å². The minimum atomic E-state index is -0.593. The van der Waals surface area contributed by atoms with Crippen LogP contribution in [0.5, 0.6) is 0 Å². The van der Waals surface area contributed by atoms with E-state index < -0.39 is 17.7 Å². The molecule has 0 spiro atoms. The van der Waals surface area contributed by atoms with Gasteiger partial charge in [0.25, 0.3) is 0 Å². The molecule has 6 nitrogen and oxygen atoms in total. The number of rotatable bonds is 4. The normalized spacial score (nSPS) is 30.3.